The van der Waals surface area contributed by atoms with Crippen molar-refractivity contribution < 1.29 is 13.2 Å². The van der Waals surface area contributed by atoms with Gasteiger partial charge in [-0.3, -0.25) is 4.79 Å². The highest BCUT2D eigenvalue weighted by atomic mass is 35.5. The first-order valence-electron chi connectivity index (χ1n) is 9.42. The third-order valence-corrected chi connectivity index (χ3v) is 7.18. The van der Waals surface area contributed by atoms with Crippen LogP contribution in [0.3, 0.4) is 0 Å². The molecule has 2 aromatic carbocycles. The SMILES string of the molecule is CCS(=O)(=O)c1ccc(Cl)c(C(=O)NC2CCN(c3ccc(C#N)cc3)CC2)c1. The molecular weight excluding hydrogens is 410 g/mol. The van der Waals surface area contributed by atoms with Crippen LogP contribution in [-0.2, 0) is 9.84 Å². The summed E-state index contributed by atoms with van der Waals surface area (Å²) in [5.74, 6) is -0.399. The number of anilines is 1. The van der Waals surface area contributed by atoms with Gasteiger partial charge in [0.15, 0.2) is 9.84 Å². The Morgan fingerprint density at radius 3 is 2.45 bits per heavy atom. The summed E-state index contributed by atoms with van der Waals surface area (Å²) in [5, 5.41) is 12.1. The van der Waals surface area contributed by atoms with Gasteiger partial charge in [0.25, 0.3) is 5.91 Å². The van der Waals surface area contributed by atoms with E-state index in [-0.39, 0.29) is 33.2 Å². The quantitative estimate of drug-likeness (QED) is 0.783. The topological polar surface area (TPSA) is 90.3 Å². The van der Waals surface area contributed by atoms with E-state index in [1.165, 1.54) is 18.2 Å². The highest BCUT2D eigenvalue weighted by molar-refractivity contribution is 7.91. The minimum Gasteiger partial charge on any atom is -0.371 e. The van der Waals surface area contributed by atoms with E-state index < -0.39 is 9.84 Å². The van der Waals surface area contributed by atoms with Crippen molar-refractivity contribution >= 4 is 33.0 Å². The second-order valence-corrected chi connectivity index (χ2v) is 9.62. The Bertz CT molecular complexity index is 1040. The van der Waals surface area contributed by atoms with Crippen LogP contribution in [0.2, 0.25) is 5.02 Å². The van der Waals surface area contributed by atoms with Crippen LogP contribution >= 0.6 is 11.6 Å². The lowest BCUT2D eigenvalue weighted by molar-refractivity contribution is 0.0931. The standard InChI is InChI=1S/C21H22ClN3O3S/c1-2-29(27,28)18-7-8-20(22)19(13-18)21(26)24-16-9-11-25(12-10-16)17-5-3-15(14-23)4-6-17/h3-8,13,16H,2,9-12H2,1H3,(H,24,26). The van der Waals surface area contributed by atoms with Crippen LogP contribution in [0.15, 0.2) is 47.4 Å². The predicted octanol–water partition coefficient (Wildman–Crippen LogP) is 3.40. The molecular formula is C21H22ClN3O3S. The molecule has 3 rings (SSSR count). The van der Waals surface area contributed by atoms with Crippen molar-refractivity contribution in [3.05, 3.63) is 58.6 Å². The Morgan fingerprint density at radius 2 is 1.86 bits per heavy atom. The van der Waals surface area contributed by atoms with Gasteiger partial charge in [0, 0.05) is 24.8 Å². The zero-order valence-electron chi connectivity index (χ0n) is 16.1. The lowest BCUT2D eigenvalue weighted by atomic mass is 10.0. The second kappa shape index (κ2) is 8.85. The maximum absolute atomic E-state index is 12.7. The maximum Gasteiger partial charge on any atom is 0.253 e. The summed E-state index contributed by atoms with van der Waals surface area (Å²) in [6.07, 6.45) is 1.52. The Balaban J connectivity index is 1.64. The fourth-order valence-corrected chi connectivity index (χ4v) is 4.44. The van der Waals surface area contributed by atoms with Crippen LogP contribution < -0.4 is 10.2 Å². The van der Waals surface area contributed by atoms with E-state index in [1.54, 1.807) is 19.1 Å². The van der Waals surface area contributed by atoms with Crippen molar-refractivity contribution in [2.24, 2.45) is 0 Å². The number of hydrogen-bond acceptors (Lipinski definition) is 5. The number of halogens is 1. The molecule has 1 saturated heterocycles. The Kier molecular flexibility index (Phi) is 6.46. The van der Waals surface area contributed by atoms with E-state index in [0.29, 0.717) is 5.56 Å². The number of nitrogens with one attached hydrogen (secondary N) is 1. The molecule has 8 heteroatoms. The van der Waals surface area contributed by atoms with Crippen LogP contribution in [0.1, 0.15) is 35.7 Å². The van der Waals surface area contributed by atoms with E-state index >= 15 is 0 Å². The Labute approximate surface area is 176 Å². The van der Waals surface area contributed by atoms with Gasteiger partial charge in [-0.25, -0.2) is 8.42 Å². The molecule has 2 aromatic rings. The smallest absolute Gasteiger partial charge is 0.253 e. The van der Waals surface area contributed by atoms with Gasteiger partial charge in [0.1, 0.15) is 0 Å². The molecule has 0 saturated carbocycles. The number of hydrogen-bond donors (Lipinski definition) is 1. The fraction of sp³-hybridized carbons (Fsp3) is 0.333. The third-order valence-electron chi connectivity index (χ3n) is 5.11. The van der Waals surface area contributed by atoms with Crippen molar-refractivity contribution in [2.45, 2.75) is 30.7 Å². The zero-order chi connectivity index (χ0) is 21.0. The normalized spacial score (nSPS) is 15.0. The number of amides is 1. The first-order chi connectivity index (χ1) is 13.8. The molecule has 1 fully saturated rings. The summed E-state index contributed by atoms with van der Waals surface area (Å²) < 4.78 is 24.2. The summed E-state index contributed by atoms with van der Waals surface area (Å²) in [6.45, 7) is 3.11. The first kappa shape index (κ1) is 21.2. The van der Waals surface area contributed by atoms with E-state index in [0.717, 1.165) is 31.6 Å². The van der Waals surface area contributed by atoms with Crippen molar-refractivity contribution in [1.29, 1.82) is 5.26 Å². The van der Waals surface area contributed by atoms with Gasteiger partial charge < -0.3 is 10.2 Å². The predicted molar refractivity (Wildman–Crippen MR) is 113 cm³/mol. The molecule has 0 atom stereocenters. The third kappa shape index (κ3) is 4.89. The highest BCUT2D eigenvalue weighted by Gasteiger charge is 2.23. The van der Waals surface area contributed by atoms with Crippen LogP contribution in [0.5, 0.6) is 0 Å². The number of rotatable bonds is 5. The molecule has 1 N–H and O–H groups in total. The van der Waals surface area contributed by atoms with Gasteiger partial charge in [0.2, 0.25) is 0 Å². The molecule has 0 radical (unpaired) electrons. The number of piperidine rings is 1. The van der Waals surface area contributed by atoms with Crippen molar-refractivity contribution in [1.82, 2.24) is 5.32 Å². The second-order valence-electron chi connectivity index (χ2n) is 6.94. The monoisotopic (exact) mass is 431 g/mol. The maximum atomic E-state index is 12.7. The number of sulfone groups is 1. The van der Waals surface area contributed by atoms with Gasteiger partial charge >= 0.3 is 0 Å². The van der Waals surface area contributed by atoms with E-state index in [4.69, 9.17) is 16.9 Å². The molecule has 1 aliphatic heterocycles. The van der Waals surface area contributed by atoms with Gasteiger partial charge in [0.05, 0.1) is 32.9 Å². The van der Waals surface area contributed by atoms with Gasteiger partial charge in [-0.2, -0.15) is 5.26 Å². The van der Waals surface area contributed by atoms with Crippen molar-refractivity contribution in [2.75, 3.05) is 23.7 Å². The minimum absolute atomic E-state index is 0.0142. The van der Waals surface area contributed by atoms with E-state index in [2.05, 4.69) is 16.3 Å². The number of nitrogens with zero attached hydrogens (tertiary/aromatic N) is 2. The lowest BCUT2D eigenvalue weighted by Gasteiger charge is -2.34. The zero-order valence-corrected chi connectivity index (χ0v) is 17.6. The molecule has 6 nitrogen and oxygen atoms in total. The largest absolute Gasteiger partial charge is 0.371 e. The van der Waals surface area contributed by atoms with Crippen LogP contribution in [0, 0.1) is 11.3 Å². The highest BCUT2D eigenvalue weighted by Crippen LogP contribution is 2.23. The molecule has 0 bridgehead atoms. The van der Waals surface area contributed by atoms with Crippen molar-refractivity contribution in [3.8, 4) is 6.07 Å². The summed E-state index contributed by atoms with van der Waals surface area (Å²) in [7, 11) is -3.41. The minimum atomic E-state index is -3.41. The molecule has 0 spiro atoms. The van der Waals surface area contributed by atoms with Crippen molar-refractivity contribution in [3.63, 3.8) is 0 Å². The molecule has 1 heterocycles. The molecule has 1 amide bonds. The van der Waals surface area contributed by atoms with Gasteiger partial charge in [-0.15, -0.1) is 0 Å². The van der Waals surface area contributed by atoms with Crippen LogP contribution in [0.25, 0.3) is 0 Å². The molecule has 1 aliphatic rings. The number of carbonyl (C=O) groups excluding carboxylic acids is 1. The molecule has 0 aromatic heterocycles. The molecule has 0 aliphatic carbocycles. The van der Waals surface area contributed by atoms with Crippen LogP contribution in [0.4, 0.5) is 5.69 Å². The number of carbonyl (C=O) groups is 1. The number of benzene rings is 2. The van der Waals surface area contributed by atoms with E-state index in [1.807, 2.05) is 12.1 Å². The van der Waals surface area contributed by atoms with Crippen LogP contribution in [-0.4, -0.2) is 39.2 Å². The lowest BCUT2D eigenvalue weighted by Crippen LogP contribution is -2.44. The average molecular weight is 432 g/mol. The fourth-order valence-electron chi connectivity index (χ4n) is 3.33. The summed E-state index contributed by atoms with van der Waals surface area (Å²) >= 11 is 6.14. The molecule has 29 heavy (non-hydrogen) atoms. The average Bonchev–Trinajstić information content (AvgIpc) is 2.74. The molecule has 152 valence electrons. The summed E-state index contributed by atoms with van der Waals surface area (Å²) in [6, 6.07) is 13.8. The summed E-state index contributed by atoms with van der Waals surface area (Å²) in [5.41, 5.74) is 1.85. The summed E-state index contributed by atoms with van der Waals surface area (Å²) in [4.78, 5) is 15.0. The molecule has 0 unspecified atom stereocenters. The van der Waals surface area contributed by atoms with E-state index in [9.17, 15) is 13.2 Å². The van der Waals surface area contributed by atoms with Gasteiger partial charge in [-0.1, -0.05) is 18.5 Å². The first-order valence-corrected chi connectivity index (χ1v) is 11.5. The number of nitriles is 1. The Morgan fingerprint density at radius 1 is 1.21 bits per heavy atom. The van der Waals surface area contributed by atoms with Gasteiger partial charge in [-0.05, 0) is 55.3 Å². The Hall–Kier alpha value is -2.56.